The Balaban J connectivity index is 1.38. The molecule has 2 aromatic heterocycles. The summed E-state index contributed by atoms with van der Waals surface area (Å²) in [5, 5.41) is 12.8. The number of hydrogen-bond acceptors (Lipinski definition) is 8. The Bertz CT molecular complexity index is 2100. The molecule has 51 heavy (non-hydrogen) atoms. The summed E-state index contributed by atoms with van der Waals surface area (Å²) in [6.07, 6.45) is 2.47. The molecule has 4 amide bonds. The molecule has 4 aromatic rings. The molecular formula is C37H35ClN6O7. The SMILES string of the molecule is CC(=O)Nc1cc2nc(-c3ccc(C#Cc4ccc(C(=O)N5CCCC[C@H]5C(=O)O)cc4Cl)cc3)cc(C(=O)NNC(=O)OC(C)(C)C)c2cn1. The number of carbonyl (C=O) groups is 5. The number of aliphatic carboxylic acids is 1. The minimum atomic E-state index is -1.02. The minimum Gasteiger partial charge on any atom is -0.480 e. The average Bonchev–Trinajstić information content (AvgIpc) is 3.08. The smallest absolute Gasteiger partial charge is 0.426 e. The van der Waals surface area contributed by atoms with Crippen molar-refractivity contribution in [2.75, 3.05) is 11.9 Å². The van der Waals surface area contributed by atoms with Crippen LogP contribution in [-0.4, -0.2) is 67.9 Å². The molecule has 3 heterocycles. The minimum absolute atomic E-state index is 0.159. The molecule has 262 valence electrons. The van der Waals surface area contributed by atoms with Gasteiger partial charge in [0.1, 0.15) is 17.5 Å². The van der Waals surface area contributed by atoms with E-state index in [1.807, 2.05) is 0 Å². The van der Waals surface area contributed by atoms with Crippen LogP contribution < -0.4 is 16.2 Å². The Morgan fingerprint density at radius 3 is 2.39 bits per heavy atom. The quantitative estimate of drug-likeness (QED) is 0.152. The number of aromatic nitrogens is 2. The molecule has 1 aliphatic heterocycles. The van der Waals surface area contributed by atoms with Crippen molar-refractivity contribution >= 4 is 58.1 Å². The molecule has 13 nitrogen and oxygen atoms in total. The first kappa shape index (κ1) is 36.3. The van der Waals surface area contributed by atoms with Gasteiger partial charge in [-0.25, -0.2) is 25.0 Å². The number of fused-ring (bicyclic) bond motifs is 1. The topological polar surface area (TPSA) is 180 Å². The van der Waals surface area contributed by atoms with Gasteiger partial charge in [-0.1, -0.05) is 35.6 Å². The van der Waals surface area contributed by atoms with Gasteiger partial charge in [-0.2, -0.15) is 0 Å². The predicted molar refractivity (Wildman–Crippen MR) is 190 cm³/mol. The highest BCUT2D eigenvalue weighted by molar-refractivity contribution is 6.32. The molecular weight excluding hydrogens is 676 g/mol. The number of amides is 4. The molecule has 0 bridgehead atoms. The largest absolute Gasteiger partial charge is 0.480 e. The van der Waals surface area contributed by atoms with E-state index < -0.39 is 29.6 Å². The van der Waals surface area contributed by atoms with Crippen LogP contribution in [0, 0.1) is 11.8 Å². The number of anilines is 1. The number of halogens is 1. The number of carbonyl (C=O) groups excluding carboxylic acids is 4. The number of piperidine rings is 1. The Kier molecular flexibility index (Phi) is 10.9. The number of ether oxygens (including phenoxy) is 1. The molecule has 2 aromatic carbocycles. The van der Waals surface area contributed by atoms with Crippen LogP contribution >= 0.6 is 11.6 Å². The zero-order chi connectivity index (χ0) is 36.9. The summed E-state index contributed by atoms with van der Waals surface area (Å²) >= 11 is 6.49. The van der Waals surface area contributed by atoms with Crippen molar-refractivity contribution in [3.8, 4) is 23.1 Å². The number of likely N-dealkylation sites (tertiary alicyclic amines) is 1. The Morgan fingerprint density at radius 1 is 0.980 bits per heavy atom. The number of hydrogen-bond donors (Lipinski definition) is 4. The molecule has 0 spiro atoms. The number of nitrogens with one attached hydrogen (secondary N) is 3. The lowest BCUT2D eigenvalue weighted by molar-refractivity contribution is -0.143. The van der Waals surface area contributed by atoms with E-state index in [1.54, 1.807) is 63.2 Å². The summed E-state index contributed by atoms with van der Waals surface area (Å²) in [6, 6.07) is 14.0. The summed E-state index contributed by atoms with van der Waals surface area (Å²) in [5.41, 5.74) is 6.84. The number of benzene rings is 2. The Labute approximate surface area is 298 Å². The van der Waals surface area contributed by atoms with Gasteiger partial charge in [0.15, 0.2) is 0 Å². The van der Waals surface area contributed by atoms with Gasteiger partial charge in [0, 0.05) is 53.4 Å². The van der Waals surface area contributed by atoms with Crippen LogP contribution in [0.5, 0.6) is 0 Å². The van der Waals surface area contributed by atoms with Crippen LogP contribution in [0.15, 0.2) is 60.8 Å². The van der Waals surface area contributed by atoms with Crippen molar-refractivity contribution in [2.24, 2.45) is 0 Å². The third-order valence-electron chi connectivity index (χ3n) is 7.71. The van der Waals surface area contributed by atoms with Gasteiger partial charge in [-0.15, -0.1) is 0 Å². The van der Waals surface area contributed by atoms with Crippen LogP contribution in [0.25, 0.3) is 22.2 Å². The highest BCUT2D eigenvalue weighted by Crippen LogP contribution is 2.27. The third kappa shape index (κ3) is 9.17. The van der Waals surface area contributed by atoms with E-state index in [9.17, 15) is 29.1 Å². The van der Waals surface area contributed by atoms with Gasteiger partial charge in [0.05, 0.1) is 21.8 Å². The summed E-state index contributed by atoms with van der Waals surface area (Å²) in [7, 11) is 0. The molecule has 1 saturated heterocycles. The predicted octanol–water partition coefficient (Wildman–Crippen LogP) is 5.56. The highest BCUT2D eigenvalue weighted by atomic mass is 35.5. The van der Waals surface area contributed by atoms with E-state index >= 15 is 0 Å². The van der Waals surface area contributed by atoms with E-state index in [0.29, 0.717) is 51.8 Å². The maximum Gasteiger partial charge on any atom is 0.426 e. The van der Waals surface area contributed by atoms with Gasteiger partial charge >= 0.3 is 12.1 Å². The van der Waals surface area contributed by atoms with Gasteiger partial charge in [-0.05, 0) is 76.4 Å². The normalized spacial score (nSPS) is 14.1. The van der Waals surface area contributed by atoms with Gasteiger partial charge in [0.2, 0.25) is 5.91 Å². The van der Waals surface area contributed by atoms with E-state index in [0.717, 1.165) is 12.8 Å². The molecule has 0 radical (unpaired) electrons. The average molecular weight is 711 g/mol. The first-order valence-electron chi connectivity index (χ1n) is 16.0. The monoisotopic (exact) mass is 710 g/mol. The van der Waals surface area contributed by atoms with Gasteiger partial charge < -0.3 is 20.1 Å². The third-order valence-corrected chi connectivity index (χ3v) is 8.02. The number of rotatable bonds is 5. The first-order valence-corrected chi connectivity index (χ1v) is 16.4. The molecule has 0 aliphatic carbocycles. The summed E-state index contributed by atoms with van der Waals surface area (Å²) in [5.74, 6) is 3.93. The fraction of sp³-hybridized carbons (Fsp3) is 0.270. The van der Waals surface area contributed by atoms with Crippen LogP contribution in [0.2, 0.25) is 5.02 Å². The van der Waals surface area contributed by atoms with Crippen LogP contribution in [0.4, 0.5) is 10.6 Å². The molecule has 1 aliphatic rings. The molecule has 4 N–H and O–H groups in total. The molecule has 0 unspecified atom stereocenters. The van der Waals surface area contributed by atoms with Crippen molar-refractivity contribution in [3.05, 3.63) is 88.1 Å². The van der Waals surface area contributed by atoms with Crippen LogP contribution in [0.1, 0.15) is 78.8 Å². The molecule has 1 fully saturated rings. The second-order valence-corrected chi connectivity index (χ2v) is 13.2. The lowest BCUT2D eigenvalue weighted by Crippen LogP contribution is -2.47. The number of pyridine rings is 2. The van der Waals surface area contributed by atoms with Crippen molar-refractivity contribution in [3.63, 3.8) is 0 Å². The van der Waals surface area contributed by atoms with Crippen molar-refractivity contribution in [1.29, 1.82) is 0 Å². The molecule has 0 saturated carbocycles. The van der Waals surface area contributed by atoms with Crippen molar-refractivity contribution in [1.82, 2.24) is 25.7 Å². The molecule has 5 rings (SSSR count). The number of hydrazine groups is 1. The lowest BCUT2D eigenvalue weighted by atomic mass is 10.0. The van der Waals surface area contributed by atoms with E-state index in [4.69, 9.17) is 21.3 Å². The van der Waals surface area contributed by atoms with E-state index in [2.05, 4.69) is 33.0 Å². The zero-order valence-corrected chi connectivity index (χ0v) is 29.1. The summed E-state index contributed by atoms with van der Waals surface area (Å²) in [4.78, 5) is 72.2. The maximum absolute atomic E-state index is 13.3. The fourth-order valence-electron chi connectivity index (χ4n) is 5.40. The Morgan fingerprint density at radius 2 is 1.73 bits per heavy atom. The first-order chi connectivity index (χ1) is 24.2. The summed E-state index contributed by atoms with van der Waals surface area (Å²) in [6.45, 7) is 6.80. The second-order valence-electron chi connectivity index (χ2n) is 12.8. The fourth-order valence-corrected chi connectivity index (χ4v) is 5.62. The Hall–Kier alpha value is -6.00. The zero-order valence-electron chi connectivity index (χ0n) is 28.3. The maximum atomic E-state index is 13.3. The number of carboxylic acids is 1. The summed E-state index contributed by atoms with van der Waals surface area (Å²) < 4.78 is 5.19. The second kappa shape index (κ2) is 15.3. The van der Waals surface area contributed by atoms with Crippen LogP contribution in [0.3, 0.4) is 0 Å². The van der Waals surface area contributed by atoms with Crippen LogP contribution in [-0.2, 0) is 14.3 Å². The van der Waals surface area contributed by atoms with Gasteiger partial charge in [0.25, 0.3) is 11.8 Å². The molecule has 1 atom stereocenters. The van der Waals surface area contributed by atoms with Gasteiger partial charge in [-0.3, -0.25) is 19.8 Å². The number of carboxylic acid groups (broad SMARTS) is 1. The van der Waals surface area contributed by atoms with Crippen molar-refractivity contribution in [2.45, 2.75) is 58.6 Å². The van der Waals surface area contributed by atoms with E-state index in [1.165, 1.54) is 30.2 Å². The van der Waals surface area contributed by atoms with Crippen molar-refractivity contribution < 1.29 is 33.8 Å². The standard InChI is InChI=1S/C37H35ClN6O7/c1-21(45)40-32-19-30-27(20-39-32)26(33(46)42-43-36(50)51-37(2,3)4)18-29(41-30)24-12-9-22(10-13-24)8-11-23-14-15-25(17-28(23)38)34(47)44-16-6-5-7-31(44)35(48)49/h9-10,12-15,17-20,31H,5-7,16H2,1-4H3,(H,42,46)(H,43,50)(H,48,49)(H,39,40,45)/t31-/m0/s1. The van der Waals surface area contributed by atoms with E-state index in [-0.39, 0.29) is 28.2 Å². The molecule has 14 heteroatoms. The number of nitrogens with zero attached hydrogens (tertiary/aromatic N) is 3. The lowest BCUT2D eigenvalue weighted by Gasteiger charge is -2.33. The highest BCUT2D eigenvalue weighted by Gasteiger charge is 2.32.